The van der Waals surface area contributed by atoms with Gasteiger partial charge in [-0.25, -0.2) is 0 Å². The van der Waals surface area contributed by atoms with E-state index in [-0.39, 0.29) is 22.8 Å². The van der Waals surface area contributed by atoms with E-state index >= 15 is 0 Å². The topological polar surface area (TPSA) is 59.1 Å². The molecule has 1 aliphatic rings. The van der Waals surface area contributed by atoms with Gasteiger partial charge < -0.3 is 5.32 Å². The molecule has 1 fully saturated rings. The summed E-state index contributed by atoms with van der Waals surface area (Å²) >= 11 is 0. The number of nitrogens with one attached hydrogen (secondary N) is 1. The van der Waals surface area contributed by atoms with Crippen LogP contribution in [-0.2, 0) is 12.6 Å². The molecular weight excluding hydrogens is 525 g/mol. The maximum atomic E-state index is 14.4. The number of ketones is 1. The van der Waals surface area contributed by atoms with E-state index in [1.54, 1.807) is 25.1 Å². The molecule has 0 unspecified atom stereocenters. The smallest absolute Gasteiger partial charge is 0.352 e. The summed E-state index contributed by atoms with van der Waals surface area (Å²) in [7, 11) is 0. The van der Waals surface area contributed by atoms with Crippen molar-refractivity contribution in [2.24, 2.45) is 5.92 Å². The number of pyridine rings is 1. The highest BCUT2D eigenvalue weighted by molar-refractivity contribution is 6.03. The third-order valence-electron chi connectivity index (χ3n) is 7.72. The largest absolute Gasteiger partial charge is 0.417 e. The fourth-order valence-corrected chi connectivity index (χ4v) is 5.25. The number of fused-ring (bicyclic) bond motifs is 1. The summed E-state index contributed by atoms with van der Waals surface area (Å²) in [6, 6.07) is 17.0. The maximum Gasteiger partial charge on any atom is 0.417 e. The molecule has 4 nitrogen and oxygen atoms in total. The van der Waals surface area contributed by atoms with Gasteiger partial charge in [0.25, 0.3) is 5.91 Å². The normalized spacial score (nSPS) is 13.4. The number of alkyl halides is 3. The minimum atomic E-state index is -4.63. The van der Waals surface area contributed by atoms with Gasteiger partial charge in [0.15, 0.2) is 5.78 Å². The van der Waals surface area contributed by atoms with Gasteiger partial charge in [0.2, 0.25) is 0 Å². The minimum Gasteiger partial charge on any atom is -0.352 e. The maximum absolute atomic E-state index is 14.4. The monoisotopic (exact) mass is 558 g/mol. The number of nitrogens with zero attached hydrogens (tertiary/aromatic N) is 1. The van der Waals surface area contributed by atoms with Crippen LogP contribution < -0.4 is 5.32 Å². The van der Waals surface area contributed by atoms with Crippen molar-refractivity contribution in [2.75, 3.05) is 6.54 Å². The number of halogens is 3. The van der Waals surface area contributed by atoms with Gasteiger partial charge in [-0.3, -0.25) is 14.6 Å². The van der Waals surface area contributed by atoms with E-state index in [0.29, 0.717) is 58.5 Å². The molecule has 0 saturated heterocycles. The number of unbranched alkanes of at least 4 members (excludes halogenated alkanes) is 1. The molecule has 1 aliphatic carbocycles. The van der Waals surface area contributed by atoms with Gasteiger partial charge in [-0.1, -0.05) is 55.8 Å². The lowest BCUT2D eigenvalue weighted by molar-refractivity contribution is -0.137. The van der Waals surface area contributed by atoms with Crippen molar-refractivity contribution in [3.8, 4) is 11.1 Å². The van der Waals surface area contributed by atoms with Crippen molar-refractivity contribution in [1.29, 1.82) is 0 Å². The number of Topliss-reactive ketones (excluding diaryl/α,β-unsaturated/α-hetero) is 1. The molecular formula is C34H33F3N2O2. The first-order valence-corrected chi connectivity index (χ1v) is 14.1. The number of rotatable bonds is 10. The summed E-state index contributed by atoms with van der Waals surface area (Å²) < 4.78 is 43.2. The Bertz CT molecular complexity index is 1590. The molecule has 4 aromatic rings. The standard InChI is InChI=1S/C34H33F3N2O2/c1-3-4-14-38-33(41)25-13-12-24(15-21(25)2)26-18-28-27(16-22-8-6-5-7-9-22)29(32(40)17-23-10-11-23)20-39-31(28)19-30(26)34(35,36)37/h5-9,12-13,15,18-20,23H,3-4,10-11,14,16-17H2,1-2H3,(H,38,41). The SMILES string of the molecule is CCCCNC(=O)c1ccc(-c2cc3c(Cc4ccccc4)c(C(=O)CC4CC4)cnc3cc2C(F)(F)F)cc1C. The van der Waals surface area contributed by atoms with Crippen molar-refractivity contribution in [2.45, 2.75) is 58.5 Å². The lowest BCUT2D eigenvalue weighted by Crippen LogP contribution is -2.25. The van der Waals surface area contributed by atoms with E-state index in [9.17, 15) is 22.8 Å². The average molecular weight is 559 g/mol. The van der Waals surface area contributed by atoms with E-state index < -0.39 is 11.7 Å². The Labute approximate surface area is 238 Å². The number of hydrogen-bond donors (Lipinski definition) is 1. The third kappa shape index (κ3) is 6.50. The molecule has 0 spiro atoms. The van der Waals surface area contributed by atoms with Crippen molar-refractivity contribution < 1.29 is 22.8 Å². The van der Waals surface area contributed by atoms with Crippen LogP contribution in [0.1, 0.15) is 82.0 Å². The summed E-state index contributed by atoms with van der Waals surface area (Å²) in [6.07, 6.45) is 1.46. The Hall–Kier alpha value is -4.00. The summed E-state index contributed by atoms with van der Waals surface area (Å²) in [6.45, 7) is 4.29. The summed E-state index contributed by atoms with van der Waals surface area (Å²) in [4.78, 5) is 30.3. The second-order valence-electron chi connectivity index (χ2n) is 10.9. The van der Waals surface area contributed by atoms with Crippen LogP contribution in [0.3, 0.4) is 0 Å². The Kier molecular flexibility index (Phi) is 8.25. The molecule has 0 bridgehead atoms. The average Bonchev–Trinajstić information content (AvgIpc) is 3.76. The van der Waals surface area contributed by atoms with Gasteiger partial charge in [0, 0.05) is 35.7 Å². The van der Waals surface area contributed by atoms with Gasteiger partial charge in [0.1, 0.15) is 0 Å². The Balaban J connectivity index is 1.65. The fraction of sp³-hybridized carbons (Fsp3) is 0.324. The molecule has 1 saturated carbocycles. The Morgan fingerprint density at radius 2 is 1.76 bits per heavy atom. The molecule has 3 aromatic carbocycles. The Morgan fingerprint density at radius 3 is 2.41 bits per heavy atom. The van der Waals surface area contributed by atoms with E-state index in [1.807, 2.05) is 37.3 Å². The molecule has 1 amide bonds. The molecule has 212 valence electrons. The molecule has 0 aliphatic heterocycles. The van der Waals surface area contributed by atoms with Gasteiger partial charge in [0.05, 0.1) is 11.1 Å². The van der Waals surface area contributed by atoms with Crippen molar-refractivity contribution in [3.63, 3.8) is 0 Å². The number of amides is 1. The fourth-order valence-electron chi connectivity index (χ4n) is 5.25. The first-order valence-electron chi connectivity index (χ1n) is 14.1. The highest BCUT2D eigenvalue weighted by Gasteiger charge is 2.35. The molecule has 5 rings (SSSR count). The highest BCUT2D eigenvalue weighted by atomic mass is 19.4. The molecule has 7 heteroatoms. The minimum absolute atomic E-state index is 0.00561. The second kappa shape index (κ2) is 11.9. The van der Waals surface area contributed by atoms with Crippen molar-refractivity contribution >= 4 is 22.6 Å². The first-order chi connectivity index (χ1) is 19.7. The predicted molar refractivity (Wildman–Crippen MR) is 155 cm³/mol. The van der Waals surface area contributed by atoms with Crippen molar-refractivity contribution in [1.82, 2.24) is 10.3 Å². The zero-order valence-electron chi connectivity index (χ0n) is 23.3. The van der Waals surface area contributed by atoms with Crippen LogP contribution in [0.5, 0.6) is 0 Å². The Morgan fingerprint density at radius 1 is 1.00 bits per heavy atom. The number of aryl methyl sites for hydroxylation is 1. The van der Waals surface area contributed by atoms with E-state index in [4.69, 9.17) is 0 Å². The van der Waals surface area contributed by atoms with Gasteiger partial charge in [-0.05, 0) is 84.5 Å². The lowest BCUT2D eigenvalue weighted by atomic mass is 9.89. The summed E-state index contributed by atoms with van der Waals surface area (Å²) in [5, 5.41) is 3.39. The lowest BCUT2D eigenvalue weighted by Gasteiger charge is -2.18. The zero-order valence-corrected chi connectivity index (χ0v) is 23.3. The van der Waals surface area contributed by atoms with Crippen molar-refractivity contribution in [3.05, 3.63) is 100 Å². The van der Waals surface area contributed by atoms with Crippen LogP contribution in [0, 0.1) is 12.8 Å². The second-order valence-corrected chi connectivity index (χ2v) is 10.9. The molecule has 1 N–H and O–H groups in total. The molecule has 41 heavy (non-hydrogen) atoms. The molecule has 0 atom stereocenters. The number of carbonyl (C=O) groups excluding carboxylic acids is 2. The van der Waals surface area contributed by atoms with Gasteiger partial charge >= 0.3 is 6.18 Å². The van der Waals surface area contributed by atoms with Crippen LogP contribution in [-0.4, -0.2) is 23.2 Å². The number of aromatic nitrogens is 1. The van der Waals surface area contributed by atoms with E-state index in [1.165, 1.54) is 12.3 Å². The predicted octanol–water partition coefficient (Wildman–Crippen LogP) is 8.33. The third-order valence-corrected chi connectivity index (χ3v) is 7.72. The van der Waals surface area contributed by atoms with Crippen LogP contribution >= 0.6 is 0 Å². The van der Waals surface area contributed by atoms with Crippen LogP contribution in [0.25, 0.3) is 22.0 Å². The van der Waals surface area contributed by atoms with E-state index in [2.05, 4.69) is 10.3 Å². The molecule has 1 heterocycles. The van der Waals surface area contributed by atoms with Crippen LogP contribution in [0.2, 0.25) is 0 Å². The van der Waals surface area contributed by atoms with Crippen LogP contribution in [0.15, 0.2) is 66.9 Å². The molecule has 1 aromatic heterocycles. The number of carbonyl (C=O) groups is 2. The summed E-state index contributed by atoms with van der Waals surface area (Å²) in [5.41, 5.74) is 2.85. The van der Waals surface area contributed by atoms with Gasteiger partial charge in [-0.15, -0.1) is 0 Å². The summed E-state index contributed by atoms with van der Waals surface area (Å²) in [5.74, 6) is 0.0976. The zero-order chi connectivity index (χ0) is 29.1. The van der Waals surface area contributed by atoms with Gasteiger partial charge in [-0.2, -0.15) is 13.2 Å². The quantitative estimate of drug-likeness (QED) is 0.157. The van der Waals surface area contributed by atoms with Crippen LogP contribution in [0.4, 0.5) is 13.2 Å². The first kappa shape index (κ1) is 28.5. The molecule has 0 radical (unpaired) electrons. The highest BCUT2D eigenvalue weighted by Crippen LogP contribution is 2.41. The number of hydrogen-bond acceptors (Lipinski definition) is 3. The van der Waals surface area contributed by atoms with E-state index in [0.717, 1.165) is 37.3 Å². The number of benzene rings is 3.